The summed E-state index contributed by atoms with van der Waals surface area (Å²) in [5.41, 5.74) is 0.452. The van der Waals surface area contributed by atoms with Crippen LogP contribution in [-0.4, -0.2) is 36.5 Å². The van der Waals surface area contributed by atoms with Gasteiger partial charge in [0.25, 0.3) is 5.91 Å². The van der Waals surface area contributed by atoms with E-state index >= 15 is 0 Å². The standard InChI is InChI=1S/C14H17FN2O/c15-12-5-1-3-10(7-12)14(18)17-8-11-4-2-6-16-13(11)9-17/h1,3,5,7,11,13,16H,2,4,6,8-9H2/t11-,13+/m0/s1. The molecule has 1 aromatic rings. The fourth-order valence-electron chi connectivity index (χ4n) is 3.02. The third-order valence-electron chi connectivity index (χ3n) is 3.96. The van der Waals surface area contributed by atoms with Crippen LogP contribution in [0.25, 0.3) is 0 Å². The van der Waals surface area contributed by atoms with Crippen LogP contribution in [0.4, 0.5) is 4.39 Å². The monoisotopic (exact) mass is 248 g/mol. The highest BCUT2D eigenvalue weighted by Crippen LogP contribution is 2.26. The summed E-state index contributed by atoms with van der Waals surface area (Å²) in [7, 11) is 0. The molecule has 0 aliphatic carbocycles. The summed E-state index contributed by atoms with van der Waals surface area (Å²) in [5, 5.41) is 3.46. The second-order valence-electron chi connectivity index (χ2n) is 5.18. The molecule has 96 valence electrons. The van der Waals surface area contributed by atoms with Gasteiger partial charge >= 0.3 is 0 Å². The molecule has 2 saturated heterocycles. The molecule has 3 rings (SSSR count). The Balaban J connectivity index is 1.74. The zero-order valence-electron chi connectivity index (χ0n) is 10.2. The Morgan fingerprint density at radius 1 is 1.39 bits per heavy atom. The van der Waals surface area contributed by atoms with E-state index in [2.05, 4.69) is 5.32 Å². The Labute approximate surface area is 106 Å². The average molecular weight is 248 g/mol. The topological polar surface area (TPSA) is 32.3 Å². The quantitative estimate of drug-likeness (QED) is 0.819. The number of hydrogen-bond donors (Lipinski definition) is 1. The van der Waals surface area contributed by atoms with Crippen LogP contribution in [0.1, 0.15) is 23.2 Å². The van der Waals surface area contributed by atoms with E-state index in [1.165, 1.54) is 25.0 Å². The zero-order valence-corrected chi connectivity index (χ0v) is 10.2. The fraction of sp³-hybridized carbons (Fsp3) is 0.500. The van der Waals surface area contributed by atoms with Gasteiger partial charge in [0.15, 0.2) is 0 Å². The molecule has 18 heavy (non-hydrogen) atoms. The van der Waals surface area contributed by atoms with Crippen LogP contribution < -0.4 is 5.32 Å². The number of carbonyl (C=O) groups is 1. The number of piperidine rings is 1. The van der Waals surface area contributed by atoms with E-state index in [0.29, 0.717) is 17.5 Å². The SMILES string of the molecule is O=C(c1cccc(F)c1)N1C[C@@H]2CCCN[C@@H]2C1. The fourth-order valence-corrected chi connectivity index (χ4v) is 3.02. The molecule has 2 atom stereocenters. The third kappa shape index (κ3) is 2.12. The van der Waals surface area contributed by atoms with Crippen molar-refractivity contribution in [2.75, 3.05) is 19.6 Å². The minimum atomic E-state index is -0.351. The summed E-state index contributed by atoms with van der Waals surface area (Å²) >= 11 is 0. The molecule has 1 aromatic carbocycles. The first-order valence-corrected chi connectivity index (χ1v) is 6.52. The number of fused-ring (bicyclic) bond motifs is 1. The number of benzene rings is 1. The predicted octanol–water partition coefficient (Wildman–Crippen LogP) is 1.65. The van der Waals surface area contributed by atoms with Crippen LogP contribution >= 0.6 is 0 Å². The van der Waals surface area contributed by atoms with Crippen molar-refractivity contribution in [3.05, 3.63) is 35.6 Å². The van der Waals surface area contributed by atoms with Crippen molar-refractivity contribution in [1.82, 2.24) is 10.2 Å². The van der Waals surface area contributed by atoms with Gasteiger partial charge in [-0.3, -0.25) is 4.79 Å². The van der Waals surface area contributed by atoms with Gasteiger partial charge in [-0.25, -0.2) is 4.39 Å². The van der Waals surface area contributed by atoms with Crippen LogP contribution in [0.5, 0.6) is 0 Å². The summed E-state index contributed by atoms with van der Waals surface area (Å²) in [5.74, 6) is 0.164. The smallest absolute Gasteiger partial charge is 0.254 e. The molecular weight excluding hydrogens is 231 g/mol. The number of amides is 1. The summed E-state index contributed by atoms with van der Waals surface area (Å²) in [4.78, 5) is 14.1. The number of rotatable bonds is 1. The molecule has 0 unspecified atom stereocenters. The maximum atomic E-state index is 13.1. The van der Waals surface area contributed by atoms with E-state index < -0.39 is 0 Å². The van der Waals surface area contributed by atoms with Crippen molar-refractivity contribution >= 4 is 5.91 Å². The zero-order chi connectivity index (χ0) is 12.5. The molecule has 2 aliphatic rings. The van der Waals surface area contributed by atoms with E-state index in [1.54, 1.807) is 12.1 Å². The predicted molar refractivity (Wildman–Crippen MR) is 66.8 cm³/mol. The van der Waals surface area contributed by atoms with Gasteiger partial charge in [-0.15, -0.1) is 0 Å². The first-order chi connectivity index (χ1) is 8.74. The Kier molecular flexibility index (Phi) is 3.04. The summed E-state index contributed by atoms with van der Waals surface area (Å²) in [6.45, 7) is 2.59. The van der Waals surface area contributed by atoms with E-state index in [1.807, 2.05) is 4.90 Å². The summed E-state index contributed by atoms with van der Waals surface area (Å²) in [6, 6.07) is 6.38. The van der Waals surface area contributed by atoms with Crippen LogP contribution in [-0.2, 0) is 0 Å². The molecule has 2 heterocycles. The highest BCUT2D eigenvalue weighted by atomic mass is 19.1. The van der Waals surface area contributed by atoms with Crippen molar-refractivity contribution < 1.29 is 9.18 Å². The van der Waals surface area contributed by atoms with E-state index in [9.17, 15) is 9.18 Å². The Hall–Kier alpha value is -1.42. The highest BCUT2D eigenvalue weighted by molar-refractivity contribution is 5.94. The number of likely N-dealkylation sites (tertiary alicyclic amines) is 1. The van der Waals surface area contributed by atoms with Gasteiger partial charge in [0.05, 0.1) is 0 Å². The molecule has 4 heteroatoms. The van der Waals surface area contributed by atoms with Crippen LogP contribution in [0.15, 0.2) is 24.3 Å². The lowest BCUT2D eigenvalue weighted by Gasteiger charge is -2.24. The van der Waals surface area contributed by atoms with Gasteiger partial charge in [0.1, 0.15) is 5.82 Å². The lowest BCUT2D eigenvalue weighted by molar-refractivity contribution is 0.0785. The summed E-state index contributed by atoms with van der Waals surface area (Å²) in [6.07, 6.45) is 2.37. The van der Waals surface area contributed by atoms with Crippen LogP contribution in [0.2, 0.25) is 0 Å². The largest absolute Gasteiger partial charge is 0.337 e. The molecule has 3 nitrogen and oxygen atoms in total. The number of carbonyl (C=O) groups excluding carboxylic acids is 1. The molecule has 1 amide bonds. The van der Waals surface area contributed by atoms with Crippen molar-refractivity contribution in [2.24, 2.45) is 5.92 Å². The molecule has 2 fully saturated rings. The second kappa shape index (κ2) is 4.69. The summed E-state index contributed by atoms with van der Waals surface area (Å²) < 4.78 is 13.1. The van der Waals surface area contributed by atoms with Gasteiger partial charge in [0, 0.05) is 24.7 Å². The first kappa shape index (κ1) is 11.7. The Morgan fingerprint density at radius 2 is 2.28 bits per heavy atom. The maximum Gasteiger partial charge on any atom is 0.254 e. The van der Waals surface area contributed by atoms with Crippen molar-refractivity contribution in [3.8, 4) is 0 Å². The Bertz CT molecular complexity index is 449. The minimum Gasteiger partial charge on any atom is -0.337 e. The van der Waals surface area contributed by atoms with Crippen molar-refractivity contribution in [3.63, 3.8) is 0 Å². The molecule has 0 bridgehead atoms. The maximum absolute atomic E-state index is 13.1. The number of nitrogens with zero attached hydrogens (tertiary/aromatic N) is 1. The molecule has 0 radical (unpaired) electrons. The van der Waals surface area contributed by atoms with E-state index in [-0.39, 0.29) is 11.7 Å². The normalized spacial score (nSPS) is 27.1. The molecule has 0 aromatic heterocycles. The van der Waals surface area contributed by atoms with E-state index in [4.69, 9.17) is 0 Å². The van der Waals surface area contributed by atoms with Crippen LogP contribution in [0, 0.1) is 11.7 Å². The molecule has 2 aliphatic heterocycles. The van der Waals surface area contributed by atoms with Gasteiger partial charge in [-0.1, -0.05) is 6.07 Å². The molecule has 0 saturated carbocycles. The first-order valence-electron chi connectivity index (χ1n) is 6.52. The molecular formula is C14H17FN2O. The second-order valence-corrected chi connectivity index (χ2v) is 5.18. The Morgan fingerprint density at radius 3 is 3.06 bits per heavy atom. The lowest BCUT2D eigenvalue weighted by Crippen LogP contribution is -2.41. The van der Waals surface area contributed by atoms with Crippen molar-refractivity contribution in [1.29, 1.82) is 0 Å². The third-order valence-corrected chi connectivity index (χ3v) is 3.96. The number of nitrogens with one attached hydrogen (secondary N) is 1. The van der Waals surface area contributed by atoms with Crippen molar-refractivity contribution in [2.45, 2.75) is 18.9 Å². The number of hydrogen-bond acceptors (Lipinski definition) is 2. The van der Waals surface area contributed by atoms with Crippen LogP contribution in [0.3, 0.4) is 0 Å². The highest BCUT2D eigenvalue weighted by Gasteiger charge is 2.36. The molecule has 1 N–H and O–H groups in total. The van der Waals surface area contributed by atoms with Gasteiger partial charge < -0.3 is 10.2 Å². The number of halogens is 1. The van der Waals surface area contributed by atoms with E-state index in [0.717, 1.165) is 19.6 Å². The van der Waals surface area contributed by atoms with Gasteiger partial charge in [0.2, 0.25) is 0 Å². The van der Waals surface area contributed by atoms with Gasteiger partial charge in [-0.2, -0.15) is 0 Å². The molecule has 0 spiro atoms. The lowest BCUT2D eigenvalue weighted by atomic mass is 9.94. The van der Waals surface area contributed by atoms with Gasteiger partial charge in [-0.05, 0) is 43.5 Å². The minimum absolute atomic E-state index is 0.0503. The average Bonchev–Trinajstić information content (AvgIpc) is 2.81.